The van der Waals surface area contributed by atoms with Gasteiger partial charge < -0.3 is 10.2 Å². The molecule has 0 bridgehead atoms. The Morgan fingerprint density at radius 3 is 2.38 bits per heavy atom. The van der Waals surface area contributed by atoms with Gasteiger partial charge in [-0.05, 0) is 40.5 Å². The van der Waals surface area contributed by atoms with Crippen molar-refractivity contribution in [2.75, 3.05) is 23.3 Å². The topological polar surface area (TPSA) is 41.1 Å². The Balaban J connectivity index is 2.56. The van der Waals surface area contributed by atoms with Gasteiger partial charge >= 0.3 is 0 Å². The van der Waals surface area contributed by atoms with Crippen molar-refractivity contribution in [3.63, 3.8) is 0 Å². The molecule has 1 N–H and O–H groups in total. The second-order valence-corrected chi connectivity index (χ2v) is 7.69. The van der Waals surface area contributed by atoms with E-state index in [-0.39, 0.29) is 11.0 Å². The van der Waals surface area contributed by atoms with Gasteiger partial charge in [0, 0.05) is 29.6 Å². The molecule has 118 valence electrons. The number of rotatable bonds is 3. The molecule has 21 heavy (non-hydrogen) atoms. The minimum Gasteiger partial charge on any atom is -0.370 e. The van der Waals surface area contributed by atoms with Crippen LogP contribution in [0.5, 0.6) is 0 Å². The maximum absolute atomic E-state index is 4.94. The maximum atomic E-state index is 4.94. The molecule has 1 fully saturated rings. The fraction of sp³-hybridized carbons (Fsp3) is 0.765. The minimum absolute atomic E-state index is 0.0452. The summed E-state index contributed by atoms with van der Waals surface area (Å²) < 4.78 is 0. The van der Waals surface area contributed by atoms with Crippen LogP contribution in [0.25, 0.3) is 0 Å². The zero-order chi connectivity index (χ0) is 15.8. The van der Waals surface area contributed by atoms with Gasteiger partial charge in [0.15, 0.2) is 0 Å². The largest absolute Gasteiger partial charge is 0.370 e. The molecule has 2 rings (SSSR count). The summed E-state index contributed by atoms with van der Waals surface area (Å²) in [5, 5.41) is 3.40. The first-order chi connectivity index (χ1) is 9.66. The molecular formula is C17H30N4. The first-order valence-electron chi connectivity index (χ1n) is 8.07. The molecule has 2 heterocycles. The van der Waals surface area contributed by atoms with Crippen molar-refractivity contribution in [2.45, 2.75) is 72.3 Å². The molecule has 0 aliphatic carbocycles. The smallest absolute Gasteiger partial charge is 0.138 e. The lowest BCUT2D eigenvalue weighted by Crippen LogP contribution is -2.40. The molecule has 1 aliphatic rings. The first kappa shape index (κ1) is 16.1. The van der Waals surface area contributed by atoms with E-state index < -0.39 is 0 Å². The molecule has 1 aromatic rings. The van der Waals surface area contributed by atoms with Crippen molar-refractivity contribution >= 4 is 11.6 Å². The highest BCUT2D eigenvalue weighted by atomic mass is 15.3. The highest BCUT2D eigenvalue weighted by Gasteiger charge is 2.35. The first-order valence-corrected chi connectivity index (χ1v) is 8.07. The SMILES string of the molecule is CCNc1nc(C(C)(C)C)nc(N2CCCC2(C)C)c1C. The number of aromatic nitrogens is 2. The van der Waals surface area contributed by atoms with Gasteiger partial charge in [-0.25, -0.2) is 9.97 Å². The molecule has 0 saturated carbocycles. The van der Waals surface area contributed by atoms with E-state index >= 15 is 0 Å². The van der Waals surface area contributed by atoms with Crippen molar-refractivity contribution < 1.29 is 0 Å². The minimum atomic E-state index is -0.0452. The van der Waals surface area contributed by atoms with Crippen LogP contribution >= 0.6 is 0 Å². The van der Waals surface area contributed by atoms with Gasteiger partial charge in [-0.3, -0.25) is 0 Å². The third-order valence-electron chi connectivity index (χ3n) is 4.29. The molecule has 4 heteroatoms. The fourth-order valence-corrected chi connectivity index (χ4v) is 2.94. The van der Waals surface area contributed by atoms with E-state index in [1.165, 1.54) is 18.4 Å². The Labute approximate surface area is 129 Å². The molecule has 0 spiro atoms. The van der Waals surface area contributed by atoms with Crippen molar-refractivity contribution in [1.29, 1.82) is 0 Å². The van der Waals surface area contributed by atoms with E-state index in [1.54, 1.807) is 0 Å². The van der Waals surface area contributed by atoms with Gasteiger partial charge in [0.05, 0.1) is 0 Å². The Morgan fingerprint density at radius 2 is 1.90 bits per heavy atom. The van der Waals surface area contributed by atoms with Crippen LogP contribution in [0.2, 0.25) is 0 Å². The highest BCUT2D eigenvalue weighted by molar-refractivity contribution is 5.60. The molecule has 1 aliphatic heterocycles. The van der Waals surface area contributed by atoms with Crippen molar-refractivity contribution in [2.24, 2.45) is 0 Å². The Morgan fingerprint density at radius 1 is 1.24 bits per heavy atom. The Hall–Kier alpha value is -1.32. The lowest BCUT2D eigenvalue weighted by Gasteiger charge is -2.35. The van der Waals surface area contributed by atoms with Crippen molar-refractivity contribution in [3.05, 3.63) is 11.4 Å². The van der Waals surface area contributed by atoms with Gasteiger partial charge in [0.1, 0.15) is 17.5 Å². The summed E-state index contributed by atoms with van der Waals surface area (Å²) in [7, 11) is 0. The molecule has 0 unspecified atom stereocenters. The van der Waals surface area contributed by atoms with Gasteiger partial charge in [0.25, 0.3) is 0 Å². The van der Waals surface area contributed by atoms with Crippen molar-refractivity contribution in [1.82, 2.24) is 9.97 Å². The predicted octanol–water partition coefficient (Wildman–Crippen LogP) is 3.89. The van der Waals surface area contributed by atoms with Crippen LogP contribution in [0.4, 0.5) is 11.6 Å². The molecule has 0 atom stereocenters. The predicted molar refractivity (Wildman–Crippen MR) is 90.3 cm³/mol. The summed E-state index contributed by atoms with van der Waals surface area (Å²) in [6, 6.07) is 0. The van der Waals surface area contributed by atoms with E-state index in [9.17, 15) is 0 Å². The third-order valence-corrected chi connectivity index (χ3v) is 4.29. The normalized spacial score (nSPS) is 18.1. The summed E-state index contributed by atoms with van der Waals surface area (Å²) in [4.78, 5) is 12.2. The third kappa shape index (κ3) is 3.14. The van der Waals surface area contributed by atoms with E-state index in [0.717, 1.165) is 30.5 Å². The van der Waals surface area contributed by atoms with Crippen LogP contribution in [0.15, 0.2) is 0 Å². The number of nitrogens with one attached hydrogen (secondary N) is 1. The molecule has 0 amide bonds. The standard InChI is InChI=1S/C17H30N4/c1-8-18-13-12(2)14(20-15(19-13)16(3,4)5)21-11-9-10-17(21,6)7/h8-11H2,1-7H3,(H,18,19,20). The van der Waals surface area contributed by atoms with Crippen LogP contribution in [0.3, 0.4) is 0 Å². The second-order valence-electron chi connectivity index (χ2n) is 7.69. The molecule has 1 aromatic heterocycles. The van der Waals surface area contributed by atoms with E-state index in [4.69, 9.17) is 9.97 Å². The average molecular weight is 290 g/mol. The van der Waals surface area contributed by atoms with Crippen LogP contribution < -0.4 is 10.2 Å². The Bertz CT molecular complexity index is 514. The molecule has 4 nitrogen and oxygen atoms in total. The quantitative estimate of drug-likeness (QED) is 0.917. The number of anilines is 2. The zero-order valence-corrected chi connectivity index (χ0v) is 14.7. The zero-order valence-electron chi connectivity index (χ0n) is 14.7. The second kappa shape index (κ2) is 5.47. The monoisotopic (exact) mass is 290 g/mol. The number of hydrogen-bond acceptors (Lipinski definition) is 4. The number of nitrogens with zero attached hydrogens (tertiary/aromatic N) is 3. The molecule has 0 radical (unpaired) electrons. The lowest BCUT2D eigenvalue weighted by molar-refractivity contribution is 0.504. The van der Waals surface area contributed by atoms with E-state index in [1.807, 2.05) is 0 Å². The van der Waals surface area contributed by atoms with Crippen LogP contribution in [0, 0.1) is 6.92 Å². The highest BCUT2D eigenvalue weighted by Crippen LogP contribution is 2.37. The summed E-state index contributed by atoms with van der Waals surface area (Å²) in [5.74, 6) is 3.00. The van der Waals surface area contributed by atoms with E-state index in [2.05, 4.69) is 58.7 Å². The van der Waals surface area contributed by atoms with Gasteiger partial charge in [0.2, 0.25) is 0 Å². The van der Waals surface area contributed by atoms with Crippen molar-refractivity contribution in [3.8, 4) is 0 Å². The van der Waals surface area contributed by atoms with E-state index in [0.29, 0.717) is 0 Å². The summed E-state index contributed by atoms with van der Waals surface area (Å²) in [5.41, 5.74) is 1.30. The lowest BCUT2D eigenvalue weighted by atomic mass is 9.95. The summed E-state index contributed by atoms with van der Waals surface area (Å²) in [6.07, 6.45) is 2.45. The summed E-state index contributed by atoms with van der Waals surface area (Å²) in [6.45, 7) is 17.3. The molecular weight excluding hydrogens is 260 g/mol. The molecule has 1 saturated heterocycles. The van der Waals surface area contributed by atoms with Crippen LogP contribution in [-0.2, 0) is 5.41 Å². The van der Waals surface area contributed by atoms with Crippen LogP contribution in [-0.4, -0.2) is 28.6 Å². The van der Waals surface area contributed by atoms with Crippen LogP contribution in [0.1, 0.15) is 65.8 Å². The Kier molecular flexibility index (Phi) is 4.18. The fourth-order valence-electron chi connectivity index (χ4n) is 2.94. The number of hydrogen-bond donors (Lipinski definition) is 1. The van der Waals surface area contributed by atoms with Gasteiger partial charge in [-0.15, -0.1) is 0 Å². The molecule has 0 aromatic carbocycles. The van der Waals surface area contributed by atoms with Gasteiger partial charge in [-0.2, -0.15) is 0 Å². The maximum Gasteiger partial charge on any atom is 0.138 e. The van der Waals surface area contributed by atoms with Gasteiger partial charge in [-0.1, -0.05) is 20.8 Å². The average Bonchev–Trinajstić information content (AvgIpc) is 2.70. The summed E-state index contributed by atoms with van der Waals surface area (Å²) >= 11 is 0.